The van der Waals surface area contributed by atoms with Crippen LogP contribution in [0, 0.1) is 0 Å². The van der Waals surface area contributed by atoms with E-state index in [-0.39, 0.29) is 11.1 Å². The summed E-state index contributed by atoms with van der Waals surface area (Å²) in [7, 11) is 0. The number of pyridine rings is 1. The lowest BCUT2D eigenvalue weighted by atomic mass is 10.2. The first-order valence-corrected chi connectivity index (χ1v) is 10.2. The Balaban J connectivity index is 1.40. The Bertz CT molecular complexity index is 970. The predicted molar refractivity (Wildman–Crippen MR) is 104 cm³/mol. The summed E-state index contributed by atoms with van der Waals surface area (Å²) in [4.78, 5) is 8.93. The molecule has 0 bridgehead atoms. The van der Waals surface area contributed by atoms with Gasteiger partial charge in [-0.25, -0.2) is 4.98 Å². The van der Waals surface area contributed by atoms with E-state index in [0.29, 0.717) is 43.8 Å². The molecule has 154 valence electrons. The predicted octanol–water partition coefficient (Wildman–Crippen LogP) is 4.75. The van der Waals surface area contributed by atoms with Gasteiger partial charge in [0.15, 0.2) is 0 Å². The number of nitrogens with zero attached hydrogens (tertiary/aromatic N) is 5. The lowest BCUT2D eigenvalue weighted by Crippen LogP contribution is -2.47. The van der Waals surface area contributed by atoms with E-state index in [0.717, 1.165) is 17.1 Å². The minimum absolute atomic E-state index is 0.00110. The van der Waals surface area contributed by atoms with E-state index in [9.17, 15) is 13.2 Å². The molecule has 4 heterocycles. The van der Waals surface area contributed by atoms with Gasteiger partial charge in [0.25, 0.3) is 5.89 Å². The first-order chi connectivity index (χ1) is 13.8. The second-order valence-electron chi connectivity index (χ2n) is 6.65. The molecule has 0 radical (unpaired) electrons. The quantitative estimate of drug-likeness (QED) is 0.580. The molecular weight excluding hydrogens is 427 g/mol. The SMILES string of the molecule is C[C@H](c1nnc(-c2cccs2)o1)N1CCN(c2ncc(C(F)(F)F)cc2Cl)CC1. The Kier molecular flexibility index (Phi) is 5.50. The molecule has 6 nitrogen and oxygen atoms in total. The van der Waals surface area contributed by atoms with Crippen LogP contribution in [0.15, 0.2) is 34.2 Å². The van der Waals surface area contributed by atoms with Gasteiger partial charge in [0.05, 0.1) is 21.5 Å². The lowest BCUT2D eigenvalue weighted by molar-refractivity contribution is -0.137. The zero-order valence-electron chi connectivity index (χ0n) is 15.4. The van der Waals surface area contributed by atoms with E-state index in [2.05, 4.69) is 20.1 Å². The third-order valence-electron chi connectivity index (χ3n) is 4.84. The van der Waals surface area contributed by atoms with Crippen LogP contribution in [0.3, 0.4) is 0 Å². The molecule has 4 rings (SSSR count). The molecule has 0 N–H and O–H groups in total. The van der Waals surface area contributed by atoms with Crippen molar-refractivity contribution in [1.29, 1.82) is 0 Å². The third-order valence-corrected chi connectivity index (χ3v) is 5.98. The van der Waals surface area contributed by atoms with Crippen molar-refractivity contribution in [3.05, 3.63) is 46.3 Å². The molecule has 0 spiro atoms. The Morgan fingerprint density at radius 2 is 1.97 bits per heavy atom. The van der Waals surface area contributed by atoms with Gasteiger partial charge in [0, 0.05) is 32.4 Å². The van der Waals surface area contributed by atoms with E-state index >= 15 is 0 Å². The molecule has 3 aromatic rings. The Labute approximate surface area is 173 Å². The summed E-state index contributed by atoms with van der Waals surface area (Å²) >= 11 is 7.60. The van der Waals surface area contributed by atoms with Crippen molar-refractivity contribution in [2.45, 2.75) is 19.1 Å². The molecule has 0 amide bonds. The van der Waals surface area contributed by atoms with Crippen LogP contribution in [0.25, 0.3) is 10.8 Å². The van der Waals surface area contributed by atoms with Crippen molar-refractivity contribution >= 4 is 28.8 Å². The molecule has 0 unspecified atom stereocenters. The average molecular weight is 444 g/mol. The van der Waals surface area contributed by atoms with Gasteiger partial charge in [0.1, 0.15) is 5.82 Å². The minimum atomic E-state index is -4.46. The van der Waals surface area contributed by atoms with Crippen LogP contribution in [0.4, 0.5) is 19.0 Å². The summed E-state index contributed by atoms with van der Waals surface area (Å²) in [6, 6.07) is 4.69. The van der Waals surface area contributed by atoms with Gasteiger partial charge in [-0.1, -0.05) is 17.7 Å². The van der Waals surface area contributed by atoms with Crippen LogP contribution in [-0.4, -0.2) is 46.3 Å². The fourth-order valence-corrected chi connectivity index (χ4v) is 4.13. The number of rotatable bonds is 4. The molecule has 1 saturated heterocycles. The summed E-state index contributed by atoms with van der Waals surface area (Å²) in [6.45, 7) is 4.47. The number of hydrogen-bond donors (Lipinski definition) is 0. The zero-order chi connectivity index (χ0) is 20.6. The number of halogens is 4. The summed E-state index contributed by atoms with van der Waals surface area (Å²) in [5.41, 5.74) is -0.851. The van der Waals surface area contributed by atoms with Gasteiger partial charge in [-0.2, -0.15) is 13.2 Å². The maximum absolute atomic E-state index is 12.8. The molecule has 1 fully saturated rings. The summed E-state index contributed by atoms with van der Waals surface area (Å²) < 4.78 is 44.2. The van der Waals surface area contributed by atoms with Crippen molar-refractivity contribution in [1.82, 2.24) is 20.1 Å². The molecule has 29 heavy (non-hydrogen) atoms. The van der Waals surface area contributed by atoms with E-state index in [1.54, 1.807) is 0 Å². The van der Waals surface area contributed by atoms with E-state index < -0.39 is 11.7 Å². The highest BCUT2D eigenvalue weighted by molar-refractivity contribution is 7.13. The summed E-state index contributed by atoms with van der Waals surface area (Å²) in [5, 5.41) is 10.2. The largest absolute Gasteiger partial charge is 0.418 e. The van der Waals surface area contributed by atoms with Gasteiger partial charge >= 0.3 is 6.18 Å². The Morgan fingerprint density at radius 1 is 1.21 bits per heavy atom. The molecule has 11 heteroatoms. The van der Waals surface area contributed by atoms with E-state index in [1.165, 1.54) is 11.3 Å². The van der Waals surface area contributed by atoms with Crippen molar-refractivity contribution < 1.29 is 17.6 Å². The molecule has 1 atom stereocenters. The molecule has 1 aliphatic rings. The number of aromatic nitrogens is 3. The van der Waals surface area contributed by atoms with Crippen LogP contribution < -0.4 is 4.90 Å². The normalized spacial score (nSPS) is 16.9. The topological polar surface area (TPSA) is 58.3 Å². The van der Waals surface area contributed by atoms with Crippen LogP contribution in [0.5, 0.6) is 0 Å². The van der Waals surface area contributed by atoms with Gasteiger partial charge in [-0.15, -0.1) is 21.5 Å². The first-order valence-electron chi connectivity index (χ1n) is 8.92. The number of hydrogen-bond acceptors (Lipinski definition) is 7. The highest BCUT2D eigenvalue weighted by atomic mass is 35.5. The van der Waals surface area contributed by atoms with Crippen LogP contribution in [0.1, 0.15) is 24.4 Å². The summed E-state index contributed by atoms with van der Waals surface area (Å²) in [5.74, 6) is 1.40. The van der Waals surface area contributed by atoms with Crippen LogP contribution in [0.2, 0.25) is 5.02 Å². The van der Waals surface area contributed by atoms with Crippen molar-refractivity contribution in [3.8, 4) is 10.8 Å². The summed E-state index contributed by atoms with van der Waals surface area (Å²) in [6.07, 6.45) is -3.64. The Morgan fingerprint density at radius 3 is 2.59 bits per heavy atom. The highest BCUT2D eigenvalue weighted by Gasteiger charge is 2.33. The number of alkyl halides is 3. The van der Waals surface area contributed by atoms with Crippen LogP contribution >= 0.6 is 22.9 Å². The fraction of sp³-hybridized carbons (Fsp3) is 0.389. The third kappa shape index (κ3) is 4.24. The van der Waals surface area contributed by atoms with E-state index in [1.807, 2.05) is 29.3 Å². The molecule has 3 aromatic heterocycles. The number of thiophene rings is 1. The maximum atomic E-state index is 12.8. The Hall–Kier alpha value is -2.17. The second-order valence-corrected chi connectivity index (χ2v) is 8.00. The van der Waals surface area contributed by atoms with E-state index in [4.69, 9.17) is 16.0 Å². The fourth-order valence-electron chi connectivity index (χ4n) is 3.20. The molecular formula is C18H17ClF3N5OS. The zero-order valence-corrected chi connectivity index (χ0v) is 16.9. The molecule has 0 saturated carbocycles. The molecule has 0 aliphatic carbocycles. The van der Waals surface area contributed by atoms with Gasteiger partial charge in [0.2, 0.25) is 5.89 Å². The van der Waals surface area contributed by atoms with Crippen molar-refractivity contribution in [2.75, 3.05) is 31.1 Å². The van der Waals surface area contributed by atoms with Crippen molar-refractivity contribution in [3.63, 3.8) is 0 Å². The standard InChI is InChI=1S/C18H17ClF3N5OS/c1-11(16-24-25-17(28-16)14-3-2-8-29-14)26-4-6-27(7-5-26)15-13(19)9-12(10-23-15)18(20,21)22/h2-3,8-11H,4-7H2,1H3/t11-/m1/s1. The highest BCUT2D eigenvalue weighted by Crippen LogP contribution is 2.34. The maximum Gasteiger partial charge on any atom is 0.417 e. The van der Waals surface area contributed by atoms with Crippen LogP contribution in [-0.2, 0) is 6.18 Å². The first kappa shape index (κ1) is 20.1. The average Bonchev–Trinajstić information content (AvgIpc) is 3.38. The van der Waals surface area contributed by atoms with Crippen molar-refractivity contribution in [2.24, 2.45) is 0 Å². The number of anilines is 1. The molecule has 1 aliphatic heterocycles. The van der Waals surface area contributed by atoms with Gasteiger partial charge in [-0.3, -0.25) is 4.90 Å². The second kappa shape index (κ2) is 7.92. The smallest absolute Gasteiger partial charge is 0.417 e. The van der Waals surface area contributed by atoms with Gasteiger partial charge < -0.3 is 9.32 Å². The molecule has 0 aromatic carbocycles. The lowest BCUT2D eigenvalue weighted by Gasteiger charge is -2.37. The van der Waals surface area contributed by atoms with Gasteiger partial charge in [-0.05, 0) is 24.4 Å². The number of piperazine rings is 1. The minimum Gasteiger partial charge on any atom is -0.418 e. The monoisotopic (exact) mass is 443 g/mol.